The molecule has 4 aliphatic carbocycles. The minimum atomic E-state index is -1.83. The van der Waals surface area contributed by atoms with Crippen LogP contribution in [0.2, 0.25) is 0 Å². The van der Waals surface area contributed by atoms with Crippen LogP contribution in [-0.2, 0) is 0 Å². The van der Waals surface area contributed by atoms with Crippen molar-refractivity contribution in [3.63, 3.8) is 0 Å². The average Bonchev–Trinajstić information content (AvgIpc) is 3.00. The molecule has 15 atom stereocenters. The first-order valence-corrected chi connectivity index (χ1v) is 13.7. The van der Waals surface area contributed by atoms with Crippen molar-refractivity contribution in [3.8, 4) is 0 Å². The minimum Gasteiger partial charge on any atom is -0.396 e. The predicted molar refractivity (Wildman–Crippen MR) is 129 cm³/mol. The first kappa shape index (κ1) is 27.7. The Morgan fingerprint density at radius 2 is 1.43 bits per heavy atom. The highest BCUT2D eigenvalue weighted by Crippen LogP contribution is 2.69. The van der Waals surface area contributed by atoms with Gasteiger partial charge >= 0.3 is 0 Å². The molecule has 0 amide bonds. The van der Waals surface area contributed by atoms with Crippen molar-refractivity contribution in [3.05, 3.63) is 0 Å². The Hall–Kier alpha value is -0.320. The van der Waals surface area contributed by atoms with Crippen molar-refractivity contribution < 1.29 is 40.9 Å². The summed E-state index contributed by atoms with van der Waals surface area (Å²) in [5, 5.41) is 88.0. The van der Waals surface area contributed by atoms with E-state index >= 15 is 0 Å². The van der Waals surface area contributed by atoms with Gasteiger partial charge in [0.2, 0.25) is 0 Å². The van der Waals surface area contributed by atoms with Crippen LogP contribution >= 0.6 is 0 Å². The predicted octanol–water partition coefficient (Wildman–Crippen LogP) is 0.410. The molecule has 8 heteroatoms. The van der Waals surface area contributed by atoms with Crippen LogP contribution in [0.25, 0.3) is 0 Å². The standard InChI is InChI=1S/C27H48O8/c1-13(12-28)6-5-7-14(2)17-20(31)22(33)23-26(17,4)11-9-16-25(3)10-8-15(29)19(30)18(25)21(32)24(34)27(16,23)35/h13-24,28-35H,5-12H2,1-4H3/t13-,14+,15-,16+,17-,18+,19-,20+,21+,22+,23+,24+,25+,26+,27-/m0/s1. The van der Waals surface area contributed by atoms with Crippen LogP contribution in [0.3, 0.4) is 0 Å². The summed E-state index contributed by atoms with van der Waals surface area (Å²) in [7, 11) is 0. The lowest BCUT2D eigenvalue weighted by molar-refractivity contribution is -0.322. The molecule has 0 radical (unpaired) electrons. The summed E-state index contributed by atoms with van der Waals surface area (Å²) in [4.78, 5) is 0. The fraction of sp³-hybridized carbons (Fsp3) is 1.00. The summed E-state index contributed by atoms with van der Waals surface area (Å²) in [6, 6.07) is 0. The second-order valence-electron chi connectivity index (χ2n) is 13.2. The van der Waals surface area contributed by atoms with Crippen molar-refractivity contribution in [2.45, 2.75) is 115 Å². The average molecular weight is 501 g/mol. The summed E-state index contributed by atoms with van der Waals surface area (Å²) in [6.07, 6.45) is -3.02. The van der Waals surface area contributed by atoms with Crippen LogP contribution in [0.1, 0.15) is 72.6 Å². The Kier molecular flexibility index (Phi) is 7.48. The molecule has 0 aromatic rings. The number of aliphatic hydroxyl groups is 8. The van der Waals surface area contributed by atoms with Crippen LogP contribution in [-0.4, -0.2) is 89.7 Å². The van der Waals surface area contributed by atoms with E-state index in [2.05, 4.69) is 6.92 Å². The molecule has 0 aliphatic heterocycles. The molecular weight excluding hydrogens is 452 g/mol. The number of aliphatic hydroxyl groups excluding tert-OH is 7. The molecule has 0 heterocycles. The van der Waals surface area contributed by atoms with Crippen LogP contribution in [0, 0.1) is 46.3 Å². The lowest BCUT2D eigenvalue weighted by Gasteiger charge is -2.67. The maximum absolute atomic E-state index is 12.3. The molecule has 4 fully saturated rings. The van der Waals surface area contributed by atoms with Gasteiger partial charge < -0.3 is 40.9 Å². The van der Waals surface area contributed by atoms with Crippen molar-refractivity contribution in [1.82, 2.24) is 0 Å². The summed E-state index contributed by atoms with van der Waals surface area (Å²) in [5.74, 6) is -2.15. The topological polar surface area (TPSA) is 162 Å². The Morgan fingerprint density at radius 3 is 2.06 bits per heavy atom. The van der Waals surface area contributed by atoms with Gasteiger partial charge in [-0.25, -0.2) is 0 Å². The lowest BCUT2D eigenvalue weighted by Crippen LogP contribution is -2.76. The van der Waals surface area contributed by atoms with Gasteiger partial charge in [0, 0.05) is 18.4 Å². The molecule has 0 aromatic heterocycles. The molecule has 0 aromatic carbocycles. The third-order valence-electron chi connectivity index (χ3n) is 11.3. The van der Waals surface area contributed by atoms with E-state index in [0.717, 1.165) is 19.3 Å². The summed E-state index contributed by atoms with van der Waals surface area (Å²) in [5.41, 5.74) is -3.22. The summed E-state index contributed by atoms with van der Waals surface area (Å²) in [6.45, 7) is 8.11. The molecule has 8 nitrogen and oxygen atoms in total. The van der Waals surface area contributed by atoms with Gasteiger partial charge in [-0.1, -0.05) is 40.5 Å². The van der Waals surface area contributed by atoms with E-state index in [1.165, 1.54) is 0 Å². The molecule has 0 unspecified atom stereocenters. The minimum absolute atomic E-state index is 0.0568. The highest BCUT2D eigenvalue weighted by molar-refractivity contribution is 5.25. The molecule has 4 saturated carbocycles. The zero-order valence-corrected chi connectivity index (χ0v) is 21.7. The number of hydrogen-bond acceptors (Lipinski definition) is 8. The third kappa shape index (κ3) is 3.85. The third-order valence-corrected chi connectivity index (χ3v) is 11.3. The van der Waals surface area contributed by atoms with Crippen LogP contribution in [0.5, 0.6) is 0 Å². The Balaban J connectivity index is 1.67. The largest absolute Gasteiger partial charge is 0.396 e. The van der Waals surface area contributed by atoms with E-state index in [-0.39, 0.29) is 24.4 Å². The van der Waals surface area contributed by atoms with Gasteiger partial charge in [0.05, 0.1) is 30.5 Å². The zero-order chi connectivity index (χ0) is 26.1. The van der Waals surface area contributed by atoms with E-state index in [9.17, 15) is 40.9 Å². The normalized spacial score (nSPS) is 55.5. The maximum Gasteiger partial charge on any atom is 0.110 e. The van der Waals surface area contributed by atoms with Gasteiger partial charge in [-0.05, 0) is 66.6 Å². The van der Waals surface area contributed by atoms with Gasteiger partial charge in [0.15, 0.2) is 0 Å². The Morgan fingerprint density at radius 1 is 0.800 bits per heavy atom. The fourth-order valence-corrected chi connectivity index (χ4v) is 9.61. The molecule has 4 rings (SSSR count). The first-order chi connectivity index (χ1) is 16.3. The second-order valence-corrected chi connectivity index (χ2v) is 13.2. The van der Waals surface area contributed by atoms with E-state index in [1.807, 2.05) is 20.8 Å². The van der Waals surface area contributed by atoms with Gasteiger partial charge in [-0.2, -0.15) is 0 Å². The molecule has 0 saturated heterocycles. The smallest absolute Gasteiger partial charge is 0.110 e. The molecule has 35 heavy (non-hydrogen) atoms. The van der Waals surface area contributed by atoms with E-state index in [1.54, 1.807) is 0 Å². The molecular formula is C27H48O8. The van der Waals surface area contributed by atoms with Crippen molar-refractivity contribution in [2.75, 3.05) is 6.61 Å². The molecule has 204 valence electrons. The lowest BCUT2D eigenvalue weighted by atomic mass is 9.40. The van der Waals surface area contributed by atoms with Crippen LogP contribution in [0.4, 0.5) is 0 Å². The molecule has 0 bridgehead atoms. The number of hydrogen-bond donors (Lipinski definition) is 8. The maximum atomic E-state index is 12.3. The quantitative estimate of drug-likeness (QED) is 0.260. The first-order valence-electron chi connectivity index (χ1n) is 13.7. The van der Waals surface area contributed by atoms with Gasteiger partial charge in [-0.15, -0.1) is 0 Å². The van der Waals surface area contributed by atoms with E-state index < -0.39 is 70.8 Å². The molecule has 0 spiro atoms. The highest BCUT2D eigenvalue weighted by atomic mass is 16.4. The van der Waals surface area contributed by atoms with Crippen molar-refractivity contribution >= 4 is 0 Å². The van der Waals surface area contributed by atoms with Gasteiger partial charge in [-0.3, -0.25) is 0 Å². The second kappa shape index (κ2) is 9.45. The van der Waals surface area contributed by atoms with E-state index in [0.29, 0.717) is 25.7 Å². The SMILES string of the molecule is C[C@H](CO)CCC[C@@H](C)[C@H]1[C@@H](O)[C@@H](O)[C@@H]2[C@]1(C)CC[C@@H]1[C@@]3(C)CC[C@H](O)[C@H](O)[C@@H]3[C@@H](O)[C@@H](O)[C@]12O. The van der Waals surface area contributed by atoms with Crippen LogP contribution in [0.15, 0.2) is 0 Å². The van der Waals surface area contributed by atoms with Crippen molar-refractivity contribution in [2.24, 2.45) is 46.3 Å². The Bertz CT molecular complexity index is 765. The van der Waals surface area contributed by atoms with Crippen LogP contribution < -0.4 is 0 Å². The van der Waals surface area contributed by atoms with E-state index in [4.69, 9.17) is 0 Å². The Labute approximate surface area is 209 Å². The highest BCUT2D eigenvalue weighted by Gasteiger charge is 2.76. The number of fused-ring (bicyclic) bond motifs is 5. The zero-order valence-electron chi connectivity index (χ0n) is 21.7. The van der Waals surface area contributed by atoms with Crippen molar-refractivity contribution in [1.29, 1.82) is 0 Å². The summed E-state index contributed by atoms with van der Waals surface area (Å²) >= 11 is 0. The van der Waals surface area contributed by atoms with Gasteiger partial charge in [0.25, 0.3) is 0 Å². The molecule has 8 N–H and O–H groups in total. The fourth-order valence-electron chi connectivity index (χ4n) is 9.61. The molecule has 4 aliphatic rings. The summed E-state index contributed by atoms with van der Waals surface area (Å²) < 4.78 is 0. The monoisotopic (exact) mass is 500 g/mol. The number of rotatable bonds is 6. The van der Waals surface area contributed by atoms with Gasteiger partial charge in [0.1, 0.15) is 11.7 Å².